The zero-order valence-electron chi connectivity index (χ0n) is 18.3. The van der Waals surface area contributed by atoms with Crippen LogP contribution in [0.3, 0.4) is 0 Å². The molecular weight excluding hydrogens is 384 g/mol. The Labute approximate surface area is 183 Å². The van der Waals surface area contributed by atoms with Crippen molar-refractivity contribution in [1.29, 1.82) is 0 Å². The molecule has 0 saturated heterocycles. The van der Waals surface area contributed by atoms with Crippen molar-refractivity contribution >= 4 is 11.6 Å². The second-order valence-corrected chi connectivity index (χ2v) is 8.17. The molecule has 0 unspecified atom stereocenters. The molecule has 0 aliphatic rings. The van der Waals surface area contributed by atoms with E-state index in [-0.39, 0.29) is 5.91 Å². The third-order valence-corrected chi connectivity index (χ3v) is 5.67. The Morgan fingerprint density at radius 2 is 1.77 bits per heavy atom. The fourth-order valence-corrected chi connectivity index (χ4v) is 3.75. The van der Waals surface area contributed by atoms with E-state index in [0.717, 1.165) is 35.3 Å². The van der Waals surface area contributed by atoms with Crippen molar-refractivity contribution in [1.82, 2.24) is 19.9 Å². The van der Waals surface area contributed by atoms with Crippen LogP contribution in [0.2, 0.25) is 0 Å². The van der Waals surface area contributed by atoms with E-state index in [1.165, 1.54) is 11.1 Å². The normalized spacial score (nSPS) is 11.2. The first-order chi connectivity index (χ1) is 15.0. The maximum Gasteiger partial charge on any atom is 0.254 e. The number of nitrogens with zero attached hydrogens (tertiary/aromatic N) is 3. The molecule has 0 aliphatic heterocycles. The first-order valence-electron chi connectivity index (χ1n) is 10.8. The average molecular weight is 413 g/mol. The summed E-state index contributed by atoms with van der Waals surface area (Å²) < 4.78 is 1.75. The minimum Gasteiger partial charge on any atom is -0.352 e. The van der Waals surface area contributed by atoms with Crippen molar-refractivity contribution < 1.29 is 4.79 Å². The molecule has 0 spiro atoms. The summed E-state index contributed by atoms with van der Waals surface area (Å²) in [7, 11) is 0. The maximum absolute atomic E-state index is 12.7. The van der Waals surface area contributed by atoms with Gasteiger partial charge in [0.1, 0.15) is 0 Å². The molecule has 31 heavy (non-hydrogen) atoms. The number of carbonyl (C=O) groups is 1. The van der Waals surface area contributed by atoms with Crippen LogP contribution in [0.25, 0.3) is 16.8 Å². The van der Waals surface area contributed by atoms with Crippen LogP contribution in [0.1, 0.15) is 53.4 Å². The van der Waals surface area contributed by atoms with Gasteiger partial charge in [0.05, 0.1) is 17.5 Å². The minimum atomic E-state index is -0.113. The summed E-state index contributed by atoms with van der Waals surface area (Å²) in [6.07, 6.45) is 5.31. The van der Waals surface area contributed by atoms with Gasteiger partial charge in [-0.2, -0.15) is 5.10 Å². The number of hydrogen-bond donors (Lipinski definition) is 1. The molecule has 2 heterocycles. The van der Waals surface area contributed by atoms with Crippen LogP contribution in [-0.2, 0) is 6.42 Å². The molecule has 158 valence electrons. The molecule has 0 fully saturated rings. The minimum absolute atomic E-state index is 0.113. The van der Waals surface area contributed by atoms with Crippen LogP contribution >= 0.6 is 0 Å². The molecule has 0 atom stereocenters. The summed E-state index contributed by atoms with van der Waals surface area (Å²) in [4.78, 5) is 17.3. The smallest absolute Gasteiger partial charge is 0.254 e. The number of carbonyl (C=O) groups excluding carboxylic acids is 1. The van der Waals surface area contributed by atoms with Gasteiger partial charge in [0.15, 0.2) is 5.65 Å². The lowest BCUT2D eigenvalue weighted by molar-refractivity contribution is 0.0951. The first-order valence-corrected chi connectivity index (χ1v) is 10.8. The molecule has 5 nitrogen and oxygen atoms in total. The predicted octanol–water partition coefficient (Wildman–Crippen LogP) is 5.19. The van der Waals surface area contributed by atoms with Gasteiger partial charge in [-0.1, -0.05) is 68.4 Å². The summed E-state index contributed by atoms with van der Waals surface area (Å²) >= 11 is 0. The van der Waals surface area contributed by atoms with Crippen molar-refractivity contribution in [2.75, 3.05) is 6.54 Å². The van der Waals surface area contributed by atoms with E-state index in [0.29, 0.717) is 18.0 Å². The van der Waals surface area contributed by atoms with E-state index in [4.69, 9.17) is 0 Å². The maximum atomic E-state index is 12.7. The number of aryl methyl sites for hydroxylation is 2. The van der Waals surface area contributed by atoms with Crippen molar-refractivity contribution in [2.24, 2.45) is 0 Å². The SMILES string of the molecule is Cc1c(C(=O)NCCCc2ccccc2)cnc2c(-c3ccc(C(C)C)cc3)cnn12. The Bertz CT molecular complexity index is 1180. The number of fused-ring (bicyclic) bond motifs is 1. The molecule has 0 radical (unpaired) electrons. The van der Waals surface area contributed by atoms with Crippen LogP contribution in [0.5, 0.6) is 0 Å². The molecule has 0 saturated carbocycles. The average Bonchev–Trinajstić information content (AvgIpc) is 3.22. The second kappa shape index (κ2) is 9.13. The molecule has 4 aromatic rings. The largest absolute Gasteiger partial charge is 0.352 e. The van der Waals surface area contributed by atoms with Crippen molar-refractivity contribution in [3.63, 3.8) is 0 Å². The molecule has 1 N–H and O–H groups in total. The number of hydrogen-bond acceptors (Lipinski definition) is 3. The van der Waals surface area contributed by atoms with Crippen molar-refractivity contribution in [3.05, 3.63) is 89.4 Å². The van der Waals surface area contributed by atoms with Crippen LogP contribution in [0.15, 0.2) is 67.0 Å². The van der Waals surface area contributed by atoms with Gasteiger partial charge in [-0.05, 0) is 42.4 Å². The van der Waals surface area contributed by atoms with Gasteiger partial charge in [0, 0.05) is 18.3 Å². The number of rotatable bonds is 7. The van der Waals surface area contributed by atoms with Gasteiger partial charge in [-0.15, -0.1) is 0 Å². The molecule has 4 rings (SSSR count). The monoisotopic (exact) mass is 412 g/mol. The van der Waals surface area contributed by atoms with E-state index in [2.05, 4.69) is 65.6 Å². The summed E-state index contributed by atoms with van der Waals surface area (Å²) in [5.41, 5.74) is 6.72. The topological polar surface area (TPSA) is 59.3 Å². The second-order valence-electron chi connectivity index (χ2n) is 8.17. The third-order valence-electron chi connectivity index (χ3n) is 5.67. The zero-order valence-corrected chi connectivity index (χ0v) is 18.3. The summed E-state index contributed by atoms with van der Waals surface area (Å²) in [5.74, 6) is 0.380. The van der Waals surface area contributed by atoms with Gasteiger partial charge in [-0.3, -0.25) is 4.79 Å². The first kappa shape index (κ1) is 20.8. The fraction of sp³-hybridized carbons (Fsp3) is 0.269. The number of aromatic nitrogens is 3. The quantitative estimate of drug-likeness (QED) is 0.425. The Hall–Kier alpha value is -3.47. The number of nitrogens with one attached hydrogen (secondary N) is 1. The number of amides is 1. The van der Waals surface area contributed by atoms with Crippen LogP contribution in [-0.4, -0.2) is 27.0 Å². The lowest BCUT2D eigenvalue weighted by Gasteiger charge is -2.09. The van der Waals surface area contributed by atoms with Crippen LogP contribution in [0.4, 0.5) is 0 Å². The van der Waals surface area contributed by atoms with Crippen LogP contribution in [0, 0.1) is 6.92 Å². The Kier molecular flexibility index (Phi) is 6.12. The van der Waals surface area contributed by atoms with E-state index in [9.17, 15) is 4.79 Å². The van der Waals surface area contributed by atoms with E-state index >= 15 is 0 Å². The lowest BCUT2D eigenvalue weighted by atomic mass is 10.00. The van der Waals surface area contributed by atoms with E-state index < -0.39 is 0 Å². The fourth-order valence-electron chi connectivity index (χ4n) is 3.75. The molecule has 0 aliphatic carbocycles. The third kappa shape index (κ3) is 4.50. The lowest BCUT2D eigenvalue weighted by Crippen LogP contribution is -2.26. The van der Waals surface area contributed by atoms with Crippen LogP contribution < -0.4 is 5.32 Å². The molecule has 2 aromatic carbocycles. The van der Waals surface area contributed by atoms with Gasteiger partial charge < -0.3 is 5.32 Å². The highest BCUT2D eigenvalue weighted by Crippen LogP contribution is 2.26. The summed E-state index contributed by atoms with van der Waals surface area (Å²) in [5, 5.41) is 7.52. The van der Waals surface area contributed by atoms with Crippen molar-refractivity contribution in [2.45, 2.75) is 39.5 Å². The summed E-state index contributed by atoms with van der Waals surface area (Å²) in [6.45, 7) is 6.90. The Morgan fingerprint density at radius 3 is 2.48 bits per heavy atom. The Balaban J connectivity index is 1.47. The zero-order chi connectivity index (χ0) is 21.8. The van der Waals surface area contributed by atoms with E-state index in [1.54, 1.807) is 10.7 Å². The van der Waals surface area contributed by atoms with Gasteiger partial charge in [0.25, 0.3) is 5.91 Å². The van der Waals surface area contributed by atoms with Gasteiger partial charge in [0.2, 0.25) is 0 Å². The highest BCUT2D eigenvalue weighted by atomic mass is 16.1. The summed E-state index contributed by atoms with van der Waals surface area (Å²) in [6, 6.07) is 18.8. The standard InChI is InChI=1S/C26H28N4O/c1-18(2)21-11-13-22(14-12-21)24-17-29-30-19(3)23(16-28-25(24)30)26(31)27-15-7-10-20-8-5-4-6-9-20/h4-6,8-9,11-14,16-18H,7,10,15H2,1-3H3,(H,27,31). The Morgan fingerprint density at radius 1 is 1.03 bits per heavy atom. The number of benzene rings is 2. The highest BCUT2D eigenvalue weighted by molar-refractivity contribution is 5.95. The highest BCUT2D eigenvalue weighted by Gasteiger charge is 2.16. The molecule has 5 heteroatoms. The van der Waals surface area contributed by atoms with Gasteiger partial charge >= 0.3 is 0 Å². The molecule has 1 amide bonds. The van der Waals surface area contributed by atoms with E-state index in [1.807, 2.05) is 31.3 Å². The molecular formula is C26H28N4O. The molecule has 2 aromatic heterocycles. The molecule has 0 bridgehead atoms. The van der Waals surface area contributed by atoms with Gasteiger partial charge in [-0.25, -0.2) is 9.50 Å². The van der Waals surface area contributed by atoms with Crippen molar-refractivity contribution in [3.8, 4) is 11.1 Å². The predicted molar refractivity (Wildman–Crippen MR) is 124 cm³/mol.